The average molecular weight is 294 g/mol. The van der Waals surface area contributed by atoms with Gasteiger partial charge in [-0.25, -0.2) is 9.78 Å². The molecule has 0 aliphatic rings. The third kappa shape index (κ3) is 2.80. The Balaban J connectivity index is 2.40. The van der Waals surface area contributed by atoms with Crippen molar-refractivity contribution in [1.82, 2.24) is 4.98 Å². The minimum atomic E-state index is -1.24. The Kier molecular flexibility index (Phi) is 3.75. The van der Waals surface area contributed by atoms with Gasteiger partial charge in [0.15, 0.2) is 0 Å². The Morgan fingerprint density at radius 3 is 2.65 bits per heavy atom. The van der Waals surface area contributed by atoms with E-state index in [0.717, 1.165) is 17.8 Å². The summed E-state index contributed by atoms with van der Waals surface area (Å²) in [5.41, 5.74) is 0.288. The molecule has 0 aliphatic heterocycles. The lowest BCUT2D eigenvalue weighted by molar-refractivity contribution is -0.384. The molecule has 2 aromatic rings. The van der Waals surface area contributed by atoms with Crippen molar-refractivity contribution in [3.8, 4) is 0 Å². The summed E-state index contributed by atoms with van der Waals surface area (Å²) in [4.78, 5) is 25.7. The van der Waals surface area contributed by atoms with Gasteiger partial charge in [-0.05, 0) is 31.7 Å². The lowest BCUT2D eigenvalue weighted by Gasteiger charge is -2.02. The lowest BCUT2D eigenvalue weighted by atomic mass is 10.2. The third-order valence-corrected chi connectivity index (χ3v) is 3.54. The summed E-state index contributed by atoms with van der Waals surface area (Å²) in [5, 5.41) is 20.1. The summed E-state index contributed by atoms with van der Waals surface area (Å²) in [6, 6.07) is 3.64. The van der Waals surface area contributed by atoms with Crippen LogP contribution in [0, 0.1) is 24.0 Å². The average Bonchev–Trinajstić information content (AvgIpc) is 2.68. The number of oxazole rings is 1. The van der Waals surface area contributed by atoms with Crippen LogP contribution in [0.3, 0.4) is 0 Å². The molecule has 0 unspecified atom stereocenters. The van der Waals surface area contributed by atoms with Gasteiger partial charge in [-0.15, -0.1) is 0 Å². The summed E-state index contributed by atoms with van der Waals surface area (Å²) in [6.45, 7) is 3.52. The first-order valence-electron chi connectivity index (χ1n) is 5.52. The van der Waals surface area contributed by atoms with Crippen LogP contribution in [0.1, 0.15) is 21.8 Å². The second-order valence-corrected chi connectivity index (χ2v) is 4.96. The van der Waals surface area contributed by atoms with Gasteiger partial charge in [-0.1, -0.05) is 0 Å². The van der Waals surface area contributed by atoms with E-state index < -0.39 is 10.9 Å². The van der Waals surface area contributed by atoms with Crippen molar-refractivity contribution >= 4 is 23.4 Å². The molecule has 1 N–H and O–H groups in total. The fourth-order valence-corrected chi connectivity index (χ4v) is 2.40. The van der Waals surface area contributed by atoms with E-state index >= 15 is 0 Å². The topological polar surface area (TPSA) is 106 Å². The minimum absolute atomic E-state index is 0.155. The molecule has 8 heteroatoms. The summed E-state index contributed by atoms with van der Waals surface area (Å²) in [5.74, 6) is -0.595. The molecule has 0 saturated carbocycles. The zero-order chi connectivity index (χ0) is 14.9. The third-order valence-electron chi connectivity index (χ3n) is 2.61. The van der Waals surface area contributed by atoms with E-state index in [9.17, 15) is 14.9 Å². The predicted octanol–water partition coefficient (Wildman–Crippen LogP) is 3.05. The maximum atomic E-state index is 11.2. The zero-order valence-corrected chi connectivity index (χ0v) is 11.4. The van der Waals surface area contributed by atoms with E-state index in [0.29, 0.717) is 21.6 Å². The summed E-state index contributed by atoms with van der Waals surface area (Å²) >= 11 is 1.02. The van der Waals surface area contributed by atoms with Crippen molar-refractivity contribution in [3.63, 3.8) is 0 Å². The number of hydrogen-bond donors (Lipinski definition) is 1. The molecule has 1 aromatic heterocycles. The van der Waals surface area contributed by atoms with Gasteiger partial charge < -0.3 is 9.52 Å². The first-order chi connectivity index (χ1) is 9.38. The number of benzene rings is 1. The highest BCUT2D eigenvalue weighted by Crippen LogP contribution is 2.32. The molecule has 0 radical (unpaired) electrons. The quantitative estimate of drug-likeness (QED) is 0.682. The maximum absolute atomic E-state index is 11.2. The highest BCUT2D eigenvalue weighted by Gasteiger charge is 2.18. The van der Waals surface area contributed by atoms with E-state index in [-0.39, 0.29) is 11.3 Å². The van der Waals surface area contributed by atoms with Crippen molar-refractivity contribution in [2.75, 3.05) is 0 Å². The van der Waals surface area contributed by atoms with Crippen LogP contribution < -0.4 is 0 Å². The SMILES string of the molecule is Cc1nc(Sc2ccc([N+](=O)[O-])cc2C(=O)O)oc1C. The van der Waals surface area contributed by atoms with Crippen LogP contribution in [-0.4, -0.2) is 21.0 Å². The Bertz CT molecular complexity index is 676. The Morgan fingerprint density at radius 1 is 1.45 bits per heavy atom. The van der Waals surface area contributed by atoms with Crippen LogP contribution >= 0.6 is 11.8 Å². The van der Waals surface area contributed by atoms with Crippen molar-refractivity contribution in [1.29, 1.82) is 0 Å². The molecule has 1 aromatic carbocycles. The Hall–Kier alpha value is -2.35. The monoisotopic (exact) mass is 294 g/mol. The number of aromatic nitrogens is 1. The fraction of sp³-hybridized carbons (Fsp3) is 0.167. The minimum Gasteiger partial charge on any atom is -0.478 e. The molecule has 0 bridgehead atoms. The number of hydrogen-bond acceptors (Lipinski definition) is 6. The Morgan fingerprint density at radius 2 is 2.15 bits per heavy atom. The van der Waals surface area contributed by atoms with Crippen LogP contribution in [0.4, 0.5) is 5.69 Å². The molecule has 0 atom stereocenters. The van der Waals surface area contributed by atoms with Gasteiger partial charge in [0.1, 0.15) is 5.76 Å². The second kappa shape index (κ2) is 5.33. The standard InChI is InChI=1S/C12H10N2O5S/c1-6-7(2)19-12(13-6)20-10-4-3-8(14(17)18)5-9(10)11(15)16/h3-5H,1-2H3,(H,15,16). The zero-order valence-electron chi connectivity index (χ0n) is 10.6. The highest BCUT2D eigenvalue weighted by molar-refractivity contribution is 7.99. The second-order valence-electron chi connectivity index (χ2n) is 3.97. The van der Waals surface area contributed by atoms with E-state index in [1.807, 2.05) is 0 Å². The van der Waals surface area contributed by atoms with E-state index in [1.165, 1.54) is 12.1 Å². The molecule has 20 heavy (non-hydrogen) atoms. The molecule has 0 aliphatic carbocycles. The molecule has 1 heterocycles. The number of carboxylic acids is 1. The van der Waals surface area contributed by atoms with Gasteiger partial charge in [-0.2, -0.15) is 0 Å². The number of nitro benzene ring substituents is 1. The normalized spacial score (nSPS) is 10.5. The largest absolute Gasteiger partial charge is 0.478 e. The molecule has 0 amide bonds. The van der Waals surface area contributed by atoms with Crippen molar-refractivity contribution < 1.29 is 19.2 Å². The van der Waals surface area contributed by atoms with Crippen LogP contribution in [-0.2, 0) is 0 Å². The van der Waals surface area contributed by atoms with Crippen LogP contribution in [0.5, 0.6) is 0 Å². The van der Waals surface area contributed by atoms with Crippen LogP contribution in [0.15, 0.2) is 32.7 Å². The van der Waals surface area contributed by atoms with Crippen LogP contribution in [0.2, 0.25) is 0 Å². The number of non-ortho nitro benzene ring substituents is 1. The van der Waals surface area contributed by atoms with Crippen molar-refractivity contribution in [3.05, 3.63) is 45.3 Å². The number of nitro groups is 1. The number of carboxylic acid groups (broad SMARTS) is 1. The molecular weight excluding hydrogens is 284 g/mol. The number of aromatic carboxylic acids is 1. The van der Waals surface area contributed by atoms with Crippen molar-refractivity contribution in [2.45, 2.75) is 24.0 Å². The molecule has 0 saturated heterocycles. The van der Waals surface area contributed by atoms with Gasteiger partial charge in [0.25, 0.3) is 10.9 Å². The summed E-state index contributed by atoms with van der Waals surface area (Å²) < 4.78 is 5.36. The van der Waals surface area contributed by atoms with Gasteiger partial charge in [0, 0.05) is 17.0 Å². The molecule has 7 nitrogen and oxygen atoms in total. The number of aryl methyl sites for hydroxylation is 2. The van der Waals surface area contributed by atoms with Crippen molar-refractivity contribution in [2.24, 2.45) is 0 Å². The van der Waals surface area contributed by atoms with E-state index in [4.69, 9.17) is 9.52 Å². The predicted molar refractivity (Wildman–Crippen MR) is 70.2 cm³/mol. The fourth-order valence-electron chi connectivity index (χ4n) is 1.47. The molecule has 0 spiro atoms. The Labute approximate surface area is 117 Å². The number of rotatable bonds is 4. The maximum Gasteiger partial charge on any atom is 0.337 e. The van der Waals surface area contributed by atoms with E-state index in [2.05, 4.69) is 4.98 Å². The number of carbonyl (C=O) groups is 1. The summed E-state index contributed by atoms with van der Waals surface area (Å²) in [6.07, 6.45) is 0. The van der Waals surface area contributed by atoms with Gasteiger partial charge in [0.05, 0.1) is 16.2 Å². The van der Waals surface area contributed by atoms with E-state index in [1.54, 1.807) is 13.8 Å². The smallest absolute Gasteiger partial charge is 0.337 e. The lowest BCUT2D eigenvalue weighted by Crippen LogP contribution is -2.00. The van der Waals surface area contributed by atoms with Gasteiger partial charge in [-0.3, -0.25) is 10.1 Å². The molecular formula is C12H10N2O5S. The van der Waals surface area contributed by atoms with Gasteiger partial charge >= 0.3 is 5.97 Å². The first kappa shape index (κ1) is 14.1. The van der Waals surface area contributed by atoms with Gasteiger partial charge in [0.2, 0.25) is 0 Å². The summed E-state index contributed by atoms with van der Waals surface area (Å²) in [7, 11) is 0. The molecule has 0 fully saturated rings. The molecule has 104 valence electrons. The van der Waals surface area contributed by atoms with Crippen LogP contribution in [0.25, 0.3) is 0 Å². The molecule has 2 rings (SSSR count). The number of nitrogens with zero attached hydrogens (tertiary/aromatic N) is 2. The first-order valence-corrected chi connectivity index (χ1v) is 6.33. The highest BCUT2D eigenvalue weighted by atomic mass is 32.2.